The number of alkyl halides is 3. The molecule has 38 heavy (non-hydrogen) atoms. The van der Waals surface area contributed by atoms with Gasteiger partial charge in [0.05, 0.1) is 17.3 Å². The minimum absolute atomic E-state index is 0.000934. The molecule has 0 radical (unpaired) electrons. The van der Waals surface area contributed by atoms with E-state index in [4.69, 9.17) is 0 Å². The van der Waals surface area contributed by atoms with E-state index in [1.165, 1.54) is 6.07 Å². The fourth-order valence-corrected chi connectivity index (χ4v) is 4.06. The summed E-state index contributed by atoms with van der Waals surface area (Å²) in [6.07, 6.45) is -3.68. The van der Waals surface area contributed by atoms with Crippen LogP contribution in [0.15, 0.2) is 24.3 Å². The highest BCUT2D eigenvalue weighted by Gasteiger charge is 2.36. The van der Waals surface area contributed by atoms with Crippen molar-refractivity contribution < 1.29 is 42.3 Å². The van der Waals surface area contributed by atoms with Crippen molar-refractivity contribution in [3.63, 3.8) is 0 Å². The zero-order valence-electron chi connectivity index (χ0n) is 21.4. The van der Waals surface area contributed by atoms with Crippen LogP contribution >= 0.6 is 0 Å². The third-order valence-electron chi connectivity index (χ3n) is 5.91. The monoisotopic (exact) mass is 542 g/mol. The van der Waals surface area contributed by atoms with E-state index in [1.807, 2.05) is 5.32 Å². The van der Waals surface area contributed by atoms with Gasteiger partial charge in [0, 0.05) is 12.5 Å². The van der Waals surface area contributed by atoms with Gasteiger partial charge in [0.2, 0.25) is 11.8 Å². The molecule has 1 aromatic rings. The highest BCUT2D eigenvalue weighted by Crippen LogP contribution is 2.34. The smallest absolute Gasteiger partial charge is 0.389 e. The first kappa shape index (κ1) is 30.7. The van der Waals surface area contributed by atoms with Crippen molar-refractivity contribution in [1.82, 2.24) is 16.0 Å². The number of para-hydroxylation sites is 1. The Labute approximate surface area is 218 Å². The number of hydrogen-bond acceptors (Lipinski definition) is 6. The van der Waals surface area contributed by atoms with Crippen molar-refractivity contribution in [3.05, 3.63) is 29.8 Å². The van der Waals surface area contributed by atoms with Gasteiger partial charge >= 0.3 is 18.0 Å². The van der Waals surface area contributed by atoms with E-state index >= 15 is 0 Å². The van der Waals surface area contributed by atoms with Crippen molar-refractivity contribution >= 4 is 35.1 Å². The number of nitrogens with one attached hydrogen (secondary N) is 4. The molecule has 0 bridgehead atoms. The van der Waals surface area contributed by atoms with E-state index in [1.54, 1.807) is 20.8 Å². The van der Waals surface area contributed by atoms with Crippen LogP contribution in [-0.2, 0) is 30.1 Å². The molecule has 5 N–H and O–H groups in total. The van der Waals surface area contributed by atoms with E-state index in [9.17, 15) is 42.3 Å². The molecule has 210 valence electrons. The molecular weight excluding hydrogens is 509 g/mol. The number of carbonyl (C=O) groups is 5. The topological polar surface area (TPSA) is 154 Å². The zero-order valence-corrected chi connectivity index (χ0v) is 21.4. The van der Waals surface area contributed by atoms with Gasteiger partial charge in [-0.2, -0.15) is 13.2 Å². The molecule has 0 aliphatic carbocycles. The van der Waals surface area contributed by atoms with Gasteiger partial charge in [-0.05, 0) is 43.2 Å². The highest BCUT2D eigenvalue weighted by molar-refractivity contribution is 6.40. The van der Waals surface area contributed by atoms with E-state index < -0.39 is 71.0 Å². The standard InChI is InChI=1S/C25H33F3N4O6/c1-24(2,3)12-18(21(36)31-17(19(34)13-33)11-14-7-6-10-29-20(14)35)32-23(38)22(37)30-16-9-5-4-8-15(16)25(26,27)28/h4-5,8-9,14,17-18,33H,6-7,10-13H2,1-3H3,(H,29,35)(H,30,37)(H,31,36)(H,32,38)/t14?,17-,18-/m0/s1. The molecular formula is C25H33F3N4O6. The quantitative estimate of drug-likeness (QED) is 0.298. The van der Waals surface area contributed by atoms with Crippen LogP contribution in [0.5, 0.6) is 0 Å². The number of amides is 4. The van der Waals surface area contributed by atoms with Crippen molar-refractivity contribution in [2.24, 2.45) is 11.3 Å². The zero-order chi connectivity index (χ0) is 28.7. The summed E-state index contributed by atoms with van der Waals surface area (Å²) in [5.74, 6) is -5.21. The first-order valence-electron chi connectivity index (χ1n) is 12.1. The summed E-state index contributed by atoms with van der Waals surface area (Å²) in [5, 5.41) is 18.7. The second-order valence-electron chi connectivity index (χ2n) is 10.3. The summed E-state index contributed by atoms with van der Waals surface area (Å²) < 4.78 is 39.7. The lowest BCUT2D eigenvalue weighted by Gasteiger charge is -2.29. The number of ketones is 1. The lowest BCUT2D eigenvalue weighted by atomic mass is 9.87. The summed E-state index contributed by atoms with van der Waals surface area (Å²) >= 11 is 0. The summed E-state index contributed by atoms with van der Waals surface area (Å²) in [5.41, 5.74) is -2.34. The van der Waals surface area contributed by atoms with Gasteiger partial charge in [0.25, 0.3) is 0 Å². The van der Waals surface area contributed by atoms with Gasteiger partial charge in [-0.3, -0.25) is 24.0 Å². The summed E-state index contributed by atoms with van der Waals surface area (Å²) in [4.78, 5) is 62.7. The maximum Gasteiger partial charge on any atom is 0.418 e. The average Bonchev–Trinajstić information content (AvgIpc) is 2.82. The maximum absolute atomic E-state index is 13.2. The molecule has 1 aliphatic heterocycles. The molecule has 13 heteroatoms. The molecule has 1 unspecified atom stereocenters. The maximum atomic E-state index is 13.2. The lowest BCUT2D eigenvalue weighted by molar-refractivity contribution is -0.139. The summed E-state index contributed by atoms with van der Waals surface area (Å²) in [7, 11) is 0. The molecule has 0 saturated carbocycles. The van der Waals surface area contributed by atoms with Gasteiger partial charge in [-0.15, -0.1) is 0 Å². The minimum Gasteiger partial charge on any atom is -0.389 e. The highest BCUT2D eigenvalue weighted by atomic mass is 19.4. The predicted octanol–water partition coefficient (Wildman–Crippen LogP) is 1.53. The van der Waals surface area contributed by atoms with E-state index in [0.717, 1.165) is 18.2 Å². The Morgan fingerprint density at radius 3 is 2.29 bits per heavy atom. The normalized spacial score (nSPS) is 17.6. The predicted molar refractivity (Wildman–Crippen MR) is 130 cm³/mol. The number of rotatable bonds is 9. The molecule has 3 atom stereocenters. The van der Waals surface area contributed by atoms with E-state index in [2.05, 4.69) is 16.0 Å². The van der Waals surface area contributed by atoms with Crippen LogP contribution in [0.1, 0.15) is 52.0 Å². The fourth-order valence-electron chi connectivity index (χ4n) is 4.06. The number of anilines is 1. The second kappa shape index (κ2) is 12.9. The molecule has 10 nitrogen and oxygen atoms in total. The molecule has 1 aromatic carbocycles. The number of carbonyl (C=O) groups excluding carboxylic acids is 5. The summed E-state index contributed by atoms with van der Waals surface area (Å²) in [6.45, 7) is 4.86. The van der Waals surface area contributed by atoms with Gasteiger partial charge in [0.15, 0.2) is 5.78 Å². The van der Waals surface area contributed by atoms with Gasteiger partial charge in [-0.25, -0.2) is 0 Å². The van der Waals surface area contributed by atoms with Crippen LogP contribution in [0.25, 0.3) is 0 Å². The van der Waals surface area contributed by atoms with Crippen molar-refractivity contribution in [3.8, 4) is 0 Å². The van der Waals surface area contributed by atoms with Crippen LogP contribution < -0.4 is 21.3 Å². The van der Waals surface area contributed by atoms with Crippen LogP contribution in [0, 0.1) is 11.3 Å². The molecule has 1 heterocycles. The first-order chi connectivity index (χ1) is 17.6. The SMILES string of the molecule is CC(C)(C)C[C@H](NC(=O)C(=O)Nc1ccccc1C(F)(F)F)C(=O)N[C@@H](CC1CCCNC1=O)C(=O)CO. The Morgan fingerprint density at radius 2 is 1.71 bits per heavy atom. The number of aliphatic hydroxyl groups excluding tert-OH is 1. The van der Waals surface area contributed by atoms with E-state index in [0.29, 0.717) is 19.4 Å². The van der Waals surface area contributed by atoms with Crippen molar-refractivity contribution in [2.75, 3.05) is 18.5 Å². The first-order valence-corrected chi connectivity index (χ1v) is 12.1. The average molecular weight is 543 g/mol. The molecule has 4 amide bonds. The van der Waals surface area contributed by atoms with Gasteiger partial charge in [-0.1, -0.05) is 32.9 Å². The van der Waals surface area contributed by atoms with Gasteiger partial charge < -0.3 is 26.4 Å². The van der Waals surface area contributed by atoms with E-state index in [-0.39, 0.29) is 18.7 Å². The van der Waals surface area contributed by atoms with Crippen LogP contribution in [-0.4, -0.2) is 59.8 Å². The molecule has 0 aromatic heterocycles. The van der Waals surface area contributed by atoms with Gasteiger partial charge in [0.1, 0.15) is 12.6 Å². The minimum atomic E-state index is -4.78. The third-order valence-corrected chi connectivity index (χ3v) is 5.91. The van der Waals surface area contributed by atoms with Crippen LogP contribution in [0.3, 0.4) is 0 Å². The third kappa shape index (κ3) is 9.12. The number of halogens is 3. The Morgan fingerprint density at radius 1 is 1.05 bits per heavy atom. The van der Waals surface area contributed by atoms with Crippen LogP contribution in [0.4, 0.5) is 18.9 Å². The molecule has 2 rings (SSSR count). The van der Waals surface area contributed by atoms with Crippen molar-refractivity contribution in [1.29, 1.82) is 0 Å². The molecule has 1 aliphatic rings. The largest absolute Gasteiger partial charge is 0.418 e. The number of piperidine rings is 1. The molecule has 1 fully saturated rings. The summed E-state index contributed by atoms with van der Waals surface area (Å²) in [6, 6.07) is 1.54. The Balaban J connectivity index is 2.18. The second-order valence-corrected chi connectivity index (χ2v) is 10.3. The fraction of sp³-hybridized carbons (Fsp3) is 0.560. The Hall–Kier alpha value is -3.48. The lowest BCUT2D eigenvalue weighted by Crippen LogP contribution is -2.55. The molecule has 1 saturated heterocycles. The Bertz CT molecular complexity index is 1050. The Kier molecular flexibility index (Phi) is 10.4. The number of aliphatic hydroxyl groups is 1. The number of hydrogen-bond donors (Lipinski definition) is 5. The molecule has 0 spiro atoms. The van der Waals surface area contributed by atoms with Crippen LogP contribution in [0.2, 0.25) is 0 Å². The number of Topliss-reactive ketones (excluding diaryl/α,β-unsaturated/α-hetero) is 1. The number of benzene rings is 1. The van der Waals surface area contributed by atoms with Crippen molar-refractivity contribution in [2.45, 2.75) is 64.7 Å².